The molecule has 0 saturated carbocycles. The third-order valence-corrected chi connectivity index (χ3v) is 3.54. The molecule has 0 aliphatic carbocycles. The van der Waals surface area contributed by atoms with E-state index in [1.807, 2.05) is 20.8 Å². The van der Waals surface area contributed by atoms with Gasteiger partial charge in [-0.05, 0) is 18.6 Å². The number of hydrogen-bond acceptors (Lipinski definition) is 4. The fourth-order valence-electron chi connectivity index (χ4n) is 2.39. The van der Waals surface area contributed by atoms with Gasteiger partial charge in [0.1, 0.15) is 17.8 Å². The van der Waals surface area contributed by atoms with Crippen molar-refractivity contribution in [2.45, 2.75) is 33.6 Å². The maximum Gasteiger partial charge on any atom is 0.183 e. The van der Waals surface area contributed by atoms with Crippen molar-refractivity contribution in [2.24, 2.45) is 0 Å². The van der Waals surface area contributed by atoms with E-state index < -0.39 is 11.6 Å². The largest absolute Gasteiger partial charge is 0.396 e. The number of rotatable bonds is 4. The summed E-state index contributed by atoms with van der Waals surface area (Å²) >= 11 is 0. The van der Waals surface area contributed by atoms with Crippen LogP contribution in [0.5, 0.6) is 0 Å². The predicted molar refractivity (Wildman–Crippen MR) is 93.3 cm³/mol. The van der Waals surface area contributed by atoms with E-state index in [4.69, 9.17) is 5.73 Å². The number of nitrogens with two attached hydrogens (primary N) is 1. The fourth-order valence-corrected chi connectivity index (χ4v) is 2.39. The maximum atomic E-state index is 14.1. The Labute approximate surface area is 144 Å². The van der Waals surface area contributed by atoms with E-state index in [0.29, 0.717) is 24.1 Å². The van der Waals surface area contributed by atoms with Gasteiger partial charge in [0, 0.05) is 12.6 Å². The van der Waals surface area contributed by atoms with Crippen molar-refractivity contribution >= 4 is 17.0 Å². The second kappa shape index (κ2) is 7.83. The van der Waals surface area contributed by atoms with Crippen molar-refractivity contribution in [1.82, 2.24) is 14.4 Å². The van der Waals surface area contributed by atoms with Gasteiger partial charge in [-0.2, -0.15) is 0 Å². The van der Waals surface area contributed by atoms with Crippen LogP contribution in [0.4, 0.5) is 14.5 Å². The van der Waals surface area contributed by atoms with E-state index in [2.05, 4.69) is 9.97 Å². The minimum absolute atomic E-state index is 0.0756. The first-order valence-electron chi connectivity index (χ1n) is 8.12. The first-order chi connectivity index (χ1) is 12.0. The van der Waals surface area contributed by atoms with Crippen LogP contribution in [0.25, 0.3) is 16.8 Å². The minimum Gasteiger partial charge on any atom is -0.396 e. The quantitative estimate of drug-likeness (QED) is 0.566. The van der Waals surface area contributed by atoms with E-state index in [1.54, 1.807) is 0 Å². The van der Waals surface area contributed by atoms with Crippen LogP contribution >= 0.6 is 0 Å². The van der Waals surface area contributed by atoms with Crippen LogP contribution in [0.15, 0.2) is 30.9 Å². The van der Waals surface area contributed by atoms with Gasteiger partial charge in [0.2, 0.25) is 0 Å². The molecule has 132 valence electrons. The third-order valence-electron chi connectivity index (χ3n) is 3.54. The van der Waals surface area contributed by atoms with Gasteiger partial charge in [0.15, 0.2) is 11.6 Å². The highest BCUT2D eigenvalue weighted by atomic mass is 19.1. The van der Waals surface area contributed by atoms with Crippen LogP contribution in [0, 0.1) is 11.6 Å². The lowest BCUT2D eigenvalue weighted by Crippen LogP contribution is -2.01. The Morgan fingerprint density at radius 3 is 2.64 bits per heavy atom. The first kappa shape index (κ1) is 18.5. The topological polar surface area (TPSA) is 73.3 Å². The predicted octanol–water partition coefficient (Wildman–Crippen LogP) is 4.27. The van der Waals surface area contributed by atoms with E-state index in [1.165, 1.54) is 23.1 Å². The number of imidazole rings is 1. The van der Waals surface area contributed by atoms with Crippen LogP contribution in [0.1, 0.15) is 44.1 Å². The number of hydrogen-bond donors (Lipinski definition) is 1. The van der Waals surface area contributed by atoms with Crippen molar-refractivity contribution in [2.75, 3.05) is 5.73 Å². The first-order valence-corrected chi connectivity index (χ1v) is 8.12. The molecule has 0 atom stereocenters. The Balaban J connectivity index is 0.00000109. The van der Waals surface area contributed by atoms with Gasteiger partial charge < -0.3 is 10.1 Å². The van der Waals surface area contributed by atoms with Gasteiger partial charge in [0.05, 0.1) is 28.7 Å². The monoisotopic (exact) mass is 346 g/mol. The highest BCUT2D eigenvalue weighted by molar-refractivity contribution is 6.00. The molecule has 7 heteroatoms. The molecular formula is C18H20F2N4O. The standard InChI is InChI=1S/C16H14F2N4O.C2H6/c1-2-3-13(23)16-12-6-20-11(7-22(12)8-21-16)14-9(17)4-5-10(19)15(14)18;1-2/h4-8H,2-3,19H2,1H3;1-2H3. The van der Waals surface area contributed by atoms with Crippen molar-refractivity contribution in [3.63, 3.8) is 0 Å². The Kier molecular flexibility index (Phi) is 5.80. The summed E-state index contributed by atoms with van der Waals surface area (Å²) in [5, 5.41) is 0. The van der Waals surface area contributed by atoms with Crippen LogP contribution in [0.3, 0.4) is 0 Å². The van der Waals surface area contributed by atoms with E-state index in [9.17, 15) is 13.6 Å². The molecular weight excluding hydrogens is 326 g/mol. The second-order valence-corrected chi connectivity index (χ2v) is 5.16. The minimum atomic E-state index is -0.862. The van der Waals surface area contributed by atoms with Crippen molar-refractivity contribution in [1.29, 1.82) is 0 Å². The Hall–Kier alpha value is -2.83. The van der Waals surface area contributed by atoms with Crippen LogP contribution in [0.2, 0.25) is 0 Å². The number of anilines is 1. The molecule has 3 aromatic rings. The molecule has 0 spiro atoms. The highest BCUT2D eigenvalue weighted by Crippen LogP contribution is 2.28. The number of ketones is 1. The van der Waals surface area contributed by atoms with Crippen LogP contribution in [-0.2, 0) is 0 Å². The molecule has 2 aromatic heterocycles. The molecule has 0 radical (unpaired) electrons. The number of halogens is 2. The lowest BCUT2D eigenvalue weighted by atomic mass is 10.1. The number of nitrogen functional groups attached to an aromatic ring is 1. The molecule has 0 amide bonds. The summed E-state index contributed by atoms with van der Waals surface area (Å²) < 4.78 is 29.6. The van der Waals surface area contributed by atoms with Gasteiger partial charge in [-0.3, -0.25) is 9.78 Å². The normalized spacial score (nSPS) is 10.4. The van der Waals surface area contributed by atoms with E-state index in [-0.39, 0.29) is 22.7 Å². The molecule has 0 bridgehead atoms. The SMILES string of the molecule is CC.CCCC(=O)c1ncn2cc(-c3c(F)ccc(N)c3F)ncc12. The second-order valence-electron chi connectivity index (χ2n) is 5.16. The summed E-state index contributed by atoms with van der Waals surface area (Å²) in [7, 11) is 0. The number of carbonyl (C=O) groups is 1. The van der Waals surface area contributed by atoms with Crippen molar-refractivity contribution in [3.05, 3.63) is 48.2 Å². The zero-order valence-electron chi connectivity index (χ0n) is 14.4. The summed E-state index contributed by atoms with van der Waals surface area (Å²) in [5.74, 6) is -1.71. The number of benzene rings is 1. The van der Waals surface area contributed by atoms with Crippen molar-refractivity contribution < 1.29 is 13.6 Å². The number of aromatic nitrogens is 3. The van der Waals surface area contributed by atoms with Gasteiger partial charge in [-0.1, -0.05) is 20.8 Å². The average Bonchev–Trinajstić information content (AvgIpc) is 3.04. The molecule has 2 heterocycles. The van der Waals surface area contributed by atoms with Gasteiger partial charge in [-0.15, -0.1) is 0 Å². The molecule has 0 unspecified atom stereocenters. The zero-order valence-corrected chi connectivity index (χ0v) is 14.4. The number of fused-ring (bicyclic) bond motifs is 1. The van der Waals surface area contributed by atoms with Gasteiger partial charge >= 0.3 is 0 Å². The summed E-state index contributed by atoms with van der Waals surface area (Å²) in [5.41, 5.74) is 5.90. The van der Waals surface area contributed by atoms with Gasteiger partial charge in [-0.25, -0.2) is 13.8 Å². The van der Waals surface area contributed by atoms with Crippen LogP contribution in [-0.4, -0.2) is 20.2 Å². The summed E-state index contributed by atoms with van der Waals surface area (Å²) in [6.45, 7) is 5.90. The molecule has 5 nitrogen and oxygen atoms in total. The molecule has 0 saturated heterocycles. The molecule has 1 aromatic carbocycles. The maximum absolute atomic E-state index is 14.1. The van der Waals surface area contributed by atoms with Crippen LogP contribution < -0.4 is 5.73 Å². The highest BCUT2D eigenvalue weighted by Gasteiger charge is 2.18. The average molecular weight is 346 g/mol. The van der Waals surface area contributed by atoms with E-state index in [0.717, 1.165) is 12.1 Å². The molecule has 2 N–H and O–H groups in total. The molecule has 0 fully saturated rings. The third kappa shape index (κ3) is 3.50. The smallest absolute Gasteiger partial charge is 0.183 e. The van der Waals surface area contributed by atoms with E-state index >= 15 is 0 Å². The number of nitrogens with zero attached hydrogens (tertiary/aromatic N) is 3. The lowest BCUT2D eigenvalue weighted by molar-refractivity contribution is 0.0979. The summed E-state index contributed by atoms with van der Waals surface area (Å²) in [6.07, 6.45) is 5.32. The van der Waals surface area contributed by atoms with Crippen molar-refractivity contribution in [3.8, 4) is 11.3 Å². The summed E-state index contributed by atoms with van der Waals surface area (Å²) in [4.78, 5) is 20.1. The molecule has 3 rings (SSSR count). The molecule has 25 heavy (non-hydrogen) atoms. The number of Topliss-reactive ketones (excluding diaryl/α,β-unsaturated/α-hetero) is 1. The Bertz CT molecular complexity index is 905. The molecule has 0 aliphatic rings. The fraction of sp³-hybridized carbons (Fsp3) is 0.278. The molecule has 0 aliphatic heterocycles. The zero-order chi connectivity index (χ0) is 18.6. The Morgan fingerprint density at radius 1 is 1.24 bits per heavy atom. The lowest BCUT2D eigenvalue weighted by Gasteiger charge is -2.07. The number of carbonyl (C=O) groups excluding carboxylic acids is 1. The summed E-state index contributed by atoms with van der Waals surface area (Å²) in [6, 6.07) is 2.25. The van der Waals surface area contributed by atoms with Gasteiger partial charge in [0.25, 0.3) is 0 Å². The Morgan fingerprint density at radius 2 is 1.96 bits per heavy atom.